The molecule has 0 saturated heterocycles. The van der Waals surface area contributed by atoms with Crippen molar-refractivity contribution in [1.82, 2.24) is 0 Å². The molecular weight excluding hydrogens is 163 g/mol. The highest BCUT2D eigenvalue weighted by Gasteiger charge is 2.08. The van der Waals surface area contributed by atoms with Crippen LogP contribution in [0.15, 0.2) is 24.0 Å². The van der Waals surface area contributed by atoms with Gasteiger partial charge >= 0.3 is 0 Å². The Morgan fingerprint density at radius 1 is 1.50 bits per heavy atom. The number of hydrogen-bond acceptors (Lipinski definition) is 0. The summed E-state index contributed by atoms with van der Waals surface area (Å²) >= 11 is 0. The zero-order chi connectivity index (χ0) is 8.55. The van der Waals surface area contributed by atoms with Gasteiger partial charge in [-0.3, -0.25) is 0 Å². The monoisotopic (exact) mass is 175 g/mol. The molecule has 1 atom stereocenters. The smallest absolute Gasteiger partial charge is 0.00410 e. The largest absolute Gasteiger partial charge is 0.120 e. The van der Waals surface area contributed by atoms with Crippen LogP contribution < -0.4 is 0 Å². The highest BCUT2D eigenvalue weighted by atomic mass is 31.1. The number of hydrogen-bond donors (Lipinski definition) is 0. The molecule has 1 radical (unpaired) electrons. The van der Waals surface area contributed by atoms with E-state index in [1.165, 1.54) is 16.4 Å². The molecule has 0 saturated carbocycles. The quantitative estimate of drug-likeness (QED) is 0.611. The van der Waals surface area contributed by atoms with Crippen LogP contribution >= 0.6 is 7.53 Å². The van der Waals surface area contributed by atoms with Gasteiger partial charge in [0.25, 0.3) is 0 Å². The van der Waals surface area contributed by atoms with Gasteiger partial charge in [0.2, 0.25) is 0 Å². The van der Waals surface area contributed by atoms with Crippen molar-refractivity contribution in [2.45, 2.75) is 13.3 Å². The minimum absolute atomic E-state index is 0.0305. The van der Waals surface area contributed by atoms with Crippen LogP contribution in [0.5, 0.6) is 0 Å². The Balaban J connectivity index is 2.51. The summed E-state index contributed by atoms with van der Waals surface area (Å²) in [4.78, 5) is 0. The van der Waals surface area contributed by atoms with Crippen molar-refractivity contribution < 1.29 is 0 Å². The van der Waals surface area contributed by atoms with E-state index in [1.54, 1.807) is 0 Å². The molecule has 1 aliphatic carbocycles. The van der Waals surface area contributed by atoms with Crippen LogP contribution in [0.4, 0.5) is 0 Å². The first kappa shape index (κ1) is 7.89. The van der Waals surface area contributed by atoms with Gasteiger partial charge in [0.05, 0.1) is 0 Å². The molecule has 0 bridgehead atoms. The lowest BCUT2D eigenvalue weighted by atomic mass is 10.2. The Hall–Kier alpha value is -0.740. The molecule has 2 rings (SSSR count). The second-order valence-electron chi connectivity index (χ2n) is 3.16. The summed E-state index contributed by atoms with van der Waals surface area (Å²) in [6.45, 7) is 4.50. The molecule has 0 spiro atoms. The van der Waals surface area contributed by atoms with E-state index in [4.69, 9.17) is 0 Å². The maximum Gasteiger partial charge on any atom is 0.00410 e. The average Bonchev–Trinajstić information content (AvgIpc) is 2.61. The molecule has 0 N–H and O–H groups in total. The van der Waals surface area contributed by atoms with Gasteiger partial charge in [-0.2, -0.15) is 0 Å². The zero-order valence-corrected chi connectivity index (χ0v) is 8.36. The van der Waals surface area contributed by atoms with Crippen molar-refractivity contribution >= 4 is 13.1 Å². The van der Waals surface area contributed by atoms with Gasteiger partial charge in [-0.1, -0.05) is 18.2 Å². The Labute approximate surface area is 74.7 Å². The topological polar surface area (TPSA) is 0 Å². The fraction of sp³-hybridized carbons (Fsp3) is 0.273. The molecule has 0 fully saturated rings. The van der Waals surface area contributed by atoms with Gasteiger partial charge < -0.3 is 0 Å². The van der Waals surface area contributed by atoms with Crippen molar-refractivity contribution in [1.29, 1.82) is 0 Å². The molecule has 1 aliphatic rings. The molecule has 1 unspecified atom stereocenters. The Bertz CT molecular complexity index is 334. The highest BCUT2D eigenvalue weighted by molar-refractivity contribution is 7.48. The first-order chi connectivity index (χ1) is 5.79. The molecule has 1 aromatic rings. The maximum atomic E-state index is 3.38. The van der Waals surface area contributed by atoms with Gasteiger partial charge in [0.1, 0.15) is 0 Å². The fourth-order valence-electron chi connectivity index (χ4n) is 1.62. The molecule has 12 heavy (non-hydrogen) atoms. The molecule has 0 aliphatic heterocycles. The first-order valence-corrected chi connectivity index (χ1v) is 6.04. The van der Waals surface area contributed by atoms with Crippen molar-refractivity contribution in [3.63, 3.8) is 0 Å². The zero-order valence-electron chi connectivity index (χ0n) is 7.46. The molecule has 0 aromatic carbocycles. The van der Waals surface area contributed by atoms with E-state index >= 15 is 0 Å². The normalized spacial score (nSPS) is 16.8. The third-order valence-corrected chi connectivity index (χ3v) is 4.12. The number of aryl methyl sites for hydroxylation is 2. The predicted octanol–water partition coefficient (Wildman–Crippen LogP) is 3.67. The predicted molar refractivity (Wildman–Crippen MR) is 55.3 cm³/mol. The van der Waals surface area contributed by atoms with Crippen molar-refractivity contribution in [3.05, 3.63) is 41.0 Å². The molecular formula is C11H12P. The highest BCUT2D eigenvalue weighted by Crippen LogP contribution is 2.40. The lowest BCUT2D eigenvalue weighted by Gasteiger charge is -2.01. The number of allylic oxidation sites excluding steroid dienone is 4. The summed E-state index contributed by atoms with van der Waals surface area (Å²) in [6.07, 6.45) is 8.76. The standard InChI is InChI=1S/C11H12P/c1-9-7-8-12(2)11(9)10-5-3-4-6-10/h3,5,7-8H,4H2,1-2H3. The van der Waals surface area contributed by atoms with E-state index in [9.17, 15) is 0 Å². The van der Waals surface area contributed by atoms with Crippen LogP contribution in [0.25, 0.3) is 5.57 Å². The van der Waals surface area contributed by atoms with Gasteiger partial charge in [-0.05, 0) is 43.0 Å². The van der Waals surface area contributed by atoms with Gasteiger partial charge in [0, 0.05) is 5.30 Å². The minimum Gasteiger partial charge on any atom is -0.120 e. The summed E-state index contributed by atoms with van der Waals surface area (Å²) in [5.41, 5.74) is 2.77. The third kappa shape index (κ3) is 1.17. The molecule has 61 valence electrons. The molecule has 1 aromatic heterocycles. The van der Waals surface area contributed by atoms with Crippen LogP contribution in [0.3, 0.4) is 0 Å². The molecule has 0 nitrogen and oxygen atoms in total. The Morgan fingerprint density at radius 2 is 2.33 bits per heavy atom. The van der Waals surface area contributed by atoms with Crippen LogP contribution in [0, 0.1) is 13.0 Å². The van der Waals surface area contributed by atoms with Gasteiger partial charge in [-0.15, -0.1) is 7.53 Å². The lowest BCUT2D eigenvalue weighted by Crippen LogP contribution is -1.76. The third-order valence-electron chi connectivity index (χ3n) is 2.22. The minimum atomic E-state index is -0.0305. The summed E-state index contributed by atoms with van der Waals surface area (Å²) in [5, 5.41) is 1.53. The maximum absolute atomic E-state index is 3.38. The van der Waals surface area contributed by atoms with E-state index in [1.807, 2.05) is 0 Å². The van der Waals surface area contributed by atoms with Crippen LogP contribution in [-0.4, -0.2) is 0 Å². The molecule has 1 heteroatoms. The Morgan fingerprint density at radius 3 is 2.83 bits per heavy atom. The molecule has 0 amide bonds. The van der Waals surface area contributed by atoms with Crippen molar-refractivity contribution in [2.24, 2.45) is 6.66 Å². The van der Waals surface area contributed by atoms with E-state index in [-0.39, 0.29) is 7.53 Å². The summed E-state index contributed by atoms with van der Waals surface area (Å²) < 4.78 is 0. The molecule has 1 heterocycles. The van der Waals surface area contributed by atoms with Gasteiger partial charge in [-0.25, -0.2) is 0 Å². The number of rotatable bonds is 1. The van der Waals surface area contributed by atoms with Crippen LogP contribution in [-0.2, 0) is 6.66 Å². The van der Waals surface area contributed by atoms with E-state index < -0.39 is 0 Å². The van der Waals surface area contributed by atoms with E-state index in [0.717, 1.165) is 6.42 Å². The fourth-order valence-corrected chi connectivity index (χ4v) is 3.39. The van der Waals surface area contributed by atoms with Crippen molar-refractivity contribution in [2.75, 3.05) is 0 Å². The summed E-state index contributed by atoms with van der Waals surface area (Å²) in [5.74, 6) is 2.32. The van der Waals surface area contributed by atoms with E-state index in [0.29, 0.717) is 0 Å². The van der Waals surface area contributed by atoms with Crippen LogP contribution in [0.2, 0.25) is 0 Å². The lowest BCUT2D eigenvalue weighted by molar-refractivity contribution is 1.40. The summed E-state index contributed by atoms with van der Waals surface area (Å²) in [6, 6.07) is 2.24. The van der Waals surface area contributed by atoms with Gasteiger partial charge in [0.15, 0.2) is 0 Å². The van der Waals surface area contributed by atoms with E-state index in [2.05, 4.69) is 43.7 Å². The van der Waals surface area contributed by atoms with Crippen molar-refractivity contribution in [3.8, 4) is 0 Å². The second-order valence-corrected chi connectivity index (χ2v) is 5.12. The summed E-state index contributed by atoms with van der Waals surface area (Å²) in [7, 11) is -0.0305. The van der Waals surface area contributed by atoms with Crippen LogP contribution in [0.1, 0.15) is 17.3 Å². The Kier molecular flexibility index (Phi) is 1.94. The SMILES string of the molecule is Cc1ccp(C)c1C1=[C]CC=C1. The average molecular weight is 175 g/mol. The first-order valence-electron chi connectivity index (χ1n) is 4.18. The second kappa shape index (κ2) is 2.95.